The maximum atomic E-state index is 13.2. The fourth-order valence-corrected chi connectivity index (χ4v) is 3.60. The molecular weight excluding hydrogens is 377 g/mol. The van der Waals surface area contributed by atoms with Crippen LogP contribution in [0.5, 0.6) is 0 Å². The number of para-hydroxylation sites is 1. The number of hydrogen-bond donors (Lipinski definition) is 1. The molecule has 142 valence electrons. The van der Waals surface area contributed by atoms with Gasteiger partial charge in [-0.15, -0.1) is 16.4 Å². The van der Waals surface area contributed by atoms with E-state index < -0.39 is 17.6 Å². The molecule has 27 heavy (non-hydrogen) atoms. The first-order chi connectivity index (χ1) is 12.8. The van der Waals surface area contributed by atoms with Gasteiger partial charge in [-0.2, -0.15) is 13.2 Å². The summed E-state index contributed by atoms with van der Waals surface area (Å²) in [7, 11) is 0. The lowest BCUT2D eigenvalue weighted by atomic mass is 10.0. The number of carbonyl (C=O) groups is 1. The van der Waals surface area contributed by atoms with Gasteiger partial charge in [0.1, 0.15) is 0 Å². The smallest absolute Gasteiger partial charge is 0.343 e. The molecule has 0 saturated heterocycles. The third kappa shape index (κ3) is 4.19. The van der Waals surface area contributed by atoms with Crippen LogP contribution in [0.4, 0.5) is 13.2 Å². The van der Waals surface area contributed by atoms with E-state index in [1.165, 1.54) is 35.7 Å². The van der Waals surface area contributed by atoms with Crippen molar-refractivity contribution in [3.05, 3.63) is 64.1 Å². The summed E-state index contributed by atoms with van der Waals surface area (Å²) in [6, 6.07) is 8.61. The molecule has 0 spiro atoms. The molecule has 1 aromatic carbocycles. The van der Waals surface area contributed by atoms with E-state index in [4.69, 9.17) is 0 Å². The fraction of sp³-hybridized carbons (Fsp3) is 0.278. The summed E-state index contributed by atoms with van der Waals surface area (Å²) >= 11 is 1.52. The van der Waals surface area contributed by atoms with E-state index in [9.17, 15) is 18.0 Å². The number of alkyl halides is 3. The summed E-state index contributed by atoms with van der Waals surface area (Å²) in [5, 5.41) is 12.2. The van der Waals surface area contributed by atoms with Gasteiger partial charge in [-0.05, 0) is 29.5 Å². The van der Waals surface area contributed by atoms with Crippen molar-refractivity contribution in [1.82, 2.24) is 20.3 Å². The predicted molar refractivity (Wildman–Crippen MR) is 95.7 cm³/mol. The van der Waals surface area contributed by atoms with Crippen molar-refractivity contribution < 1.29 is 18.0 Å². The molecule has 0 aliphatic carbocycles. The summed E-state index contributed by atoms with van der Waals surface area (Å²) in [5.41, 5.74) is -1.08. The Hall–Kier alpha value is -2.68. The van der Waals surface area contributed by atoms with Gasteiger partial charge in [-0.3, -0.25) is 4.79 Å². The maximum Gasteiger partial charge on any atom is 0.418 e. The highest BCUT2D eigenvalue weighted by Gasteiger charge is 2.34. The van der Waals surface area contributed by atoms with Gasteiger partial charge in [0.05, 0.1) is 23.5 Å². The number of thiophene rings is 1. The van der Waals surface area contributed by atoms with E-state index in [1.54, 1.807) is 0 Å². The standard InChI is InChI=1S/C18H17F3N4OS/c1-11(2)16(15-8-5-9-27-15)22-17(26)13-10-25(24-23-13)14-7-4-3-6-12(14)18(19,20)21/h3-11,16H,1-2H3,(H,22,26). The molecule has 2 aromatic heterocycles. The number of benzene rings is 1. The van der Waals surface area contributed by atoms with Crippen molar-refractivity contribution in [2.75, 3.05) is 0 Å². The number of carbonyl (C=O) groups excluding carboxylic acids is 1. The average molecular weight is 394 g/mol. The topological polar surface area (TPSA) is 59.8 Å². The Morgan fingerprint density at radius 3 is 2.56 bits per heavy atom. The van der Waals surface area contributed by atoms with Crippen LogP contribution in [0.1, 0.15) is 40.8 Å². The van der Waals surface area contributed by atoms with Crippen LogP contribution < -0.4 is 5.32 Å². The van der Waals surface area contributed by atoms with Gasteiger partial charge in [0.15, 0.2) is 5.69 Å². The first-order valence-electron chi connectivity index (χ1n) is 8.20. The first-order valence-corrected chi connectivity index (χ1v) is 9.08. The molecule has 1 amide bonds. The third-order valence-corrected chi connectivity index (χ3v) is 4.94. The molecule has 0 aliphatic rings. The molecule has 2 heterocycles. The molecule has 0 bridgehead atoms. The number of hydrogen-bond acceptors (Lipinski definition) is 4. The molecule has 1 unspecified atom stereocenters. The summed E-state index contributed by atoms with van der Waals surface area (Å²) in [4.78, 5) is 13.5. The molecule has 1 atom stereocenters. The normalized spacial score (nSPS) is 13.0. The highest BCUT2D eigenvalue weighted by Crippen LogP contribution is 2.33. The van der Waals surface area contributed by atoms with Crippen molar-refractivity contribution in [3.8, 4) is 5.69 Å². The van der Waals surface area contributed by atoms with E-state index in [-0.39, 0.29) is 23.3 Å². The lowest BCUT2D eigenvalue weighted by Gasteiger charge is -2.20. The predicted octanol–water partition coefficient (Wildman–Crippen LogP) is 4.47. The van der Waals surface area contributed by atoms with Crippen LogP contribution in [0, 0.1) is 5.92 Å². The molecule has 3 aromatic rings. The summed E-state index contributed by atoms with van der Waals surface area (Å²) in [6.07, 6.45) is -3.33. The number of rotatable bonds is 5. The number of amides is 1. The first kappa shape index (κ1) is 19.1. The minimum Gasteiger partial charge on any atom is -0.343 e. The van der Waals surface area contributed by atoms with Crippen LogP contribution >= 0.6 is 11.3 Å². The minimum absolute atomic E-state index is 0.0471. The van der Waals surface area contributed by atoms with E-state index in [2.05, 4.69) is 15.6 Å². The zero-order valence-corrected chi connectivity index (χ0v) is 15.4. The quantitative estimate of drug-likeness (QED) is 0.694. The monoisotopic (exact) mass is 394 g/mol. The van der Waals surface area contributed by atoms with Crippen LogP contribution in [0.3, 0.4) is 0 Å². The van der Waals surface area contributed by atoms with Crippen molar-refractivity contribution in [2.24, 2.45) is 5.92 Å². The molecule has 0 fully saturated rings. The van der Waals surface area contributed by atoms with Crippen LogP contribution in [0.25, 0.3) is 5.69 Å². The van der Waals surface area contributed by atoms with Crippen molar-refractivity contribution >= 4 is 17.2 Å². The molecule has 5 nitrogen and oxygen atoms in total. The van der Waals surface area contributed by atoms with E-state index in [0.717, 1.165) is 15.6 Å². The number of nitrogens with one attached hydrogen (secondary N) is 1. The van der Waals surface area contributed by atoms with Gasteiger partial charge < -0.3 is 5.32 Å². The second-order valence-electron chi connectivity index (χ2n) is 6.27. The highest BCUT2D eigenvalue weighted by molar-refractivity contribution is 7.10. The van der Waals surface area contributed by atoms with Crippen LogP contribution in [0.15, 0.2) is 48.0 Å². The summed E-state index contributed by atoms with van der Waals surface area (Å²) in [5.74, 6) is -0.355. The van der Waals surface area contributed by atoms with Gasteiger partial charge in [0.2, 0.25) is 0 Å². The molecule has 0 aliphatic heterocycles. The second kappa shape index (κ2) is 7.51. The molecule has 0 radical (unpaired) electrons. The highest BCUT2D eigenvalue weighted by atomic mass is 32.1. The van der Waals surface area contributed by atoms with Gasteiger partial charge in [0, 0.05) is 4.88 Å². The molecule has 9 heteroatoms. The Balaban J connectivity index is 1.85. The Labute approximate surface area is 157 Å². The van der Waals surface area contributed by atoms with Crippen LogP contribution in [-0.4, -0.2) is 20.9 Å². The van der Waals surface area contributed by atoms with E-state index in [1.807, 2.05) is 31.4 Å². The minimum atomic E-state index is -4.53. The molecule has 3 rings (SSSR count). The molecule has 1 N–H and O–H groups in total. The lowest BCUT2D eigenvalue weighted by Crippen LogP contribution is -2.31. The second-order valence-corrected chi connectivity index (χ2v) is 7.25. The van der Waals surface area contributed by atoms with Crippen molar-refractivity contribution in [3.63, 3.8) is 0 Å². The maximum absolute atomic E-state index is 13.2. The van der Waals surface area contributed by atoms with Crippen LogP contribution in [-0.2, 0) is 6.18 Å². The van der Waals surface area contributed by atoms with Crippen molar-refractivity contribution in [1.29, 1.82) is 0 Å². The van der Waals surface area contributed by atoms with E-state index >= 15 is 0 Å². The third-order valence-electron chi connectivity index (χ3n) is 3.99. The number of nitrogens with zero attached hydrogens (tertiary/aromatic N) is 3. The molecular formula is C18H17F3N4OS. The van der Waals surface area contributed by atoms with Gasteiger partial charge in [-0.25, -0.2) is 4.68 Å². The fourth-order valence-electron chi connectivity index (χ4n) is 2.65. The largest absolute Gasteiger partial charge is 0.418 e. The summed E-state index contributed by atoms with van der Waals surface area (Å²) < 4.78 is 40.5. The zero-order valence-electron chi connectivity index (χ0n) is 14.6. The lowest BCUT2D eigenvalue weighted by molar-refractivity contribution is -0.137. The van der Waals surface area contributed by atoms with Crippen LogP contribution in [0.2, 0.25) is 0 Å². The summed E-state index contributed by atoms with van der Waals surface area (Å²) in [6.45, 7) is 3.95. The van der Waals surface area contributed by atoms with Gasteiger partial charge in [-0.1, -0.05) is 37.3 Å². The molecule has 0 saturated carbocycles. The Bertz CT molecular complexity index is 919. The Kier molecular flexibility index (Phi) is 5.31. The average Bonchev–Trinajstić information content (AvgIpc) is 3.30. The zero-order chi connectivity index (χ0) is 19.6. The Morgan fingerprint density at radius 2 is 1.93 bits per heavy atom. The van der Waals surface area contributed by atoms with Gasteiger partial charge in [0.25, 0.3) is 5.91 Å². The number of halogens is 3. The van der Waals surface area contributed by atoms with Gasteiger partial charge >= 0.3 is 6.18 Å². The number of aromatic nitrogens is 3. The van der Waals surface area contributed by atoms with Crippen molar-refractivity contribution in [2.45, 2.75) is 26.1 Å². The SMILES string of the molecule is CC(C)C(NC(=O)c1cn(-c2ccccc2C(F)(F)F)nn1)c1cccs1. The van der Waals surface area contributed by atoms with E-state index in [0.29, 0.717) is 0 Å². The Morgan fingerprint density at radius 1 is 1.19 bits per heavy atom.